The molecule has 1 fully saturated rings. The Kier molecular flexibility index (Phi) is 6.32. The second kappa shape index (κ2) is 8.39. The number of nitrogens with zero attached hydrogens (tertiary/aromatic N) is 2. The number of likely N-dealkylation sites (tertiary alicyclic amines) is 1. The van der Waals surface area contributed by atoms with E-state index in [1.54, 1.807) is 13.8 Å². The maximum absolute atomic E-state index is 12.3. The van der Waals surface area contributed by atoms with Crippen LogP contribution in [0.1, 0.15) is 49.4 Å². The molecule has 2 aliphatic rings. The van der Waals surface area contributed by atoms with Crippen LogP contribution >= 0.6 is 11.6 Å². The molecule has 0 radical (unpaired) electrons. The topological polar surface area (TPSA) is 70.1 Å². The minimum Gasteiger partial charge on any atom is -0.481 e. The van der Waals surface area contributed by atoms with Crippen molar-refractivity contribution < 1.29 is 19.4 Å². The number of amides is 1. The third kappa shape index (κ3) is 4.34. The fraction of sp³-hybridized carbons (Fsp3) is 0.619. The summed E-state index contributed by atoms with van der Waals surface area (Å²) in [4.78, 5) is 28.0. The standard InChI is InChI=1S/C21H29ClN2O4/c1-21(2,20(26)27)13-24-7-4-5-18(24)16-10-15(22)9-14-6-8-23(11-17(14)16)19(25)12-28-3/h9-10,18H,4-8,11-13H2,1-3H3,(H,26,27)/t18-/m0/s1. The first kappa shape index (κ1) is 21.1. The Hall–Kier alpha value is -1.63. The quantitative estimate of drug-likeness (QED) is 0.783. The normalized spacial score (nSPS) is 20.3. The van der Waals surface area contributed by atoms with Crippen molar-refractivity contribution in [2.24, 2.45) is 5.41 Å². The van der Waals surface area contributed by atoms with Gasteiger partial charge in [0.15, 0.2) is 0 Å². The van der Waals surface area contributed by atoms with Gasteiger partial charge in [0.1, 0.15) is 6.61 Å². The minimum absolute atomic E-state index is 0.00987. The van der Waals surface area contributed by atoms with Crippen molar-refractivity contribution in [1.29, 1.82) is 0 Å². The predicted octanol–water partition coefficient (Wildman–Crippen LogP) is 3.12. The lowest BCUT2D eigenvalue weighted by Gasteiger charge is -2.35. The van der Waals surface area contributed by atoms with Crippen molar-refractivity contribution in [2.75, 3.05) is 33.4 Å². The molecule has 2 aliphatic heterocycles. The first-order chi connectivity index (χ1) is 13.2. The Morgan fingerprint density at radius 2 is 2.07 bits per heavy atom. The summed E-state index contributed by atoms with van der Waals surface area (Å²) < 4.78 is 5.01. The number of carbonyl (C=O) groups is 2. The van der Waals surface area contributed by atoms with Crippen LogP contribution in [0.25, 0.3) is 0 Å². The molecule has 0 aliphatic carbocycles. The van der Waals surface area contributed by atoms with E-state index in [-0.39, 0.29) is 18.6 Å². The van der Waals surface area contributed by atoms with Crippen molar-refractivity contribution in [3.05, 3.63) is 33.8 Å². The Balaban J connectivity index is 1.91. The number of hydrogen-bond acceptors (Lipinski definition) is 4. The number of halogens is 1. The zero-order valence-electron chi connectivity index (χ0n) is 16.8. The summed E-state index contributed by atoms with van der Waals surface area (Å²) >= 11 is 6.43. The molecule has 6 nitrogen and oxygen atoms in total. The van der Waals surface area contributed by atoms with E-state index in [9.17, 15) is 14.7 Å². The summed E-state index contributed by atoms with van der Waals surface area (Å²) in [5.74, 6) is -0.799. The van der Waals surface area contributed by atoms with Crippen molar-refractivity contribution in [1.82, 2.24) is 9.80 Å². The van der Waals surface area contributed by atoms with Gasteiger partial charge in [-0.15, -0.1) is 0 Å². The number of carboxylic acids is 1. The van der Waals surface area contributed by atoms with Gasteiger partial charge in [-0.2, -0.15) is 0 Å². The van der Waals surface area contributed by atoms with E-state index in [2.05, 4.69) is 4.90 Å². The summed E-state index contributed by atoms with van der Waals surface area (Å²) in [6.07, 6.45) is 2.76. The van der Waals surface area contributed by atoms with Gasteiger partial charge < -0.3 is 14.7 Å². The van der Waals surface area contributed by atoms with Crippen LogP contribution in [0, 0.1) is 5.41 Å². The molecule has 1 amide bonds. The van der Waals surface area contributed by atoms with E-state index < -0.39 is 11.4 Å². The lowest BCUT2D eigenvalue weighted by Crippen LogP contribution is -2.41. The fourth-order valence-electron chi connectivity index (χ4n) is 4.33. The summed E-state index contributed by atoms with van der Waals surface area (Å²) in [5, 5.41) is 10.2. The monoisotopic (exact) mass is 408 g/mol. The van der Waals surface area contributed by atoms with Crippen LogP contribution < -0.4 is 0 Å². The number of rotatable bonds is 6. The van der Waals surface area contributed by atoms with Crippen LogP contribution in [-0.2, 0) is 27.3 Å². The van der Waals surface area contributed by atoms with Crippen molar-refractivity contribution in [2.45, 2.75) is 45.7 Å². The van der Waals surface area contributed by atoms with Crippen molar-refractivity contribution in [3.63, 3.8) is 0 Å². The molecule has 0 unspecified atom stereocenters. The van der Waals surface area contributed by atoms with Crippen molar-refractivity contribution in [3.8, 4) is 0 Å². The fourth-order valence-corrected chi connectivity index (χ4v) is 4.57. The third-order valence-corrected chi connectivity index (χ3v) is 6.08. The molecule has 0 spiro atoms. The van der Waals surface area contributed by atoms with Gasteiger partial charge in [-0.3, -0.25) is 14.5 Å². The number of aliphatic carboxylic acids is 1. The summed E-state index contributed by atoms with van der Waals surface area (Å²) in [5.41, 5.74) is 2.66. The van der Waals surface area contributed by atoms with Gasteiger partial charge in [-0.25, -0.2) is 0 Å². The van der Waals surface area contributed by atoms with Gasteiger partial charge in [0.25, 0.3) is 0 Å². The second-order valence-electron chi connectivity index (χ2n) is 8.45. The Morgan fingerprint density at radius 3 is 2.75 bits per heavy atom. The van der Waals surface area contributed by atoms with Crippen LogP contribution in [-0.4, -0.2) is 60.1 Å². The van der Waals surface area contributed by atoms with E-state index in [0.717, 1.165) is 36.9 Å². The third-order valence-electron chi connectivity index (χ3n) is 5.86. The molecule has 0 aromatic heterocycles. The highest BCUT2D eigenvalue weighted by molar-refractivity contribution is 6.30. The van der Waals surface area contributed by atoms with Gasteiger partial charge in [0, 0.05) is 37.8 Å². The Morgan fingerprint density at radius 1 is 1.32 bits per heavy atom. The van der Waals surface area contributed by atoms with E-state index in [1.807, 2.05) is 17.0 Å². The number of fused-ring (bicyclic) bond motifs is 1. The predicted molar refractivity (Wildman–Crippen MR) is 107 cm³/mol. The van der Waals surface area contributed by atoms with Crippen LogP contribution in [0.15, 0.2) is 12.1 Å². The van der Waals surface area contributed by atoms with Crippen LogP contribution in [0.5, 0.6) is 0 Å². The van der Waals surface area contributed by atoms with Crippen molar-refractivity contribution >= 4 is 23.5 Å². The molecule has 7 heteroatoms. The van der Waals surface area contributed by atoms with E-state index >= 15 is 0 Å². The molecule has 0 bridgehead atoms. The molecule has 2 heterocycles. The maximum atomic E-state index is 12.3. The van der Waals surface area contributed by atoms with Gasteiger partial charge in [0.05, 0.1) is 5.41 Å². The number of hydrogen-bond donors (Lipinski definition) is 1. The number of carboxylic acid groups (broad SMARTS) is 1. The van der Waals surface area contributed by atoms with E-state index in [4.69, 9.17) is 16.3 Å². The Labute approximate surface area is 171 Å². The molecule has 1 saturated heterocycles. The molecular weight excluding hydrogens is 380 g/mol. The van der Waals surface area contributed by atoms with Gasteiger partial charge in [-0.05, 0) is 68.5 Å². The number of benzene rings is 1. The lowest BCUT2D eigenvalue weighted by molar-refractivity contribution is -0.148. The molecule has 1 atom stereocenters. The number of carbonyl (C=O) groups excluding carboxylic acids is 1. The maximum Gasteiger partial charge on any atom is 0.310 e. The minimum atomic E-state index is -0.818. The SMILES string of the molecule is COCC(=O)N1CCc2cc(Cl)cc([C@@H]3CCCN3CC(C)(C)C(=O)O)c2C1. The average molecular weight is 409 g/mol. The number of methoxy groups -OCH3 is 1. The smallest absolute Gasteiger partial charge is 0.310 e. The zero-order valence-corrected chi connectivity index (χ0v) is 17.6. The molecule has 28 heavy (non-hydrogen) atoms. The highest BCUT2D eigenvalue weighted by Gasteiger charge is 2.37. The summed E-state index contributed by atoms with van der Waals surface area (Å²) in [6, 6.07) is 4.13. The largest absolute Gasteiger partial charge is 0.481 e. The molecule has 3 rings (SSSR count). The first-order valence-electron chi connectivity index (χ1n) is 9.78. The molecule has 1 N–H and O–H groups in total. The van der Waals surface area contributed by atoms with Crippen LogP contribution in [0.2, 0.25) is 5.02 Å². The highest BCUT2D eigenvalue weighted by atomic mass is 35.5. The highest BCUT2D eigenvalue weighted by Crippen LogP contribution is 2.39. The summed E-state index contributed by atoms with van der Waals surface area (Å²) in [6.45, 7) is 6.19. The lowest BCUT2D eigenvalue weighted by atomic mass is 9.88. The van der Waals surface area contributed by atoms with Gasteiger partial charge in [-0.1, -0.05) is 11.6 Å². The van der Waals surface area contributed by atoms with Crippen LogP contribution in [0.4, 0.5) is 0 Å². The zero-order chi connectivity index (χ0) is 20.5. The molecular formula is C21H29ClN2O4. The average Bonchev–Trinajstić information content (AvgIpc) is 3.07. The second-order valence-corrected chi connectivity index (χ2v) is 8.88. The van der Waals surface area contributed by atoms with Gasteiger partial charge >= 0.3 is 5.97 Å². The van der Waals surface area contributed by atoms with Gasteiger partial charge in [0.2, 0.25) is 5.91 Å². The molecule has 154 valence electrons. The van der Waals surface area contributed by atoms with E-state index in [0.29, 0.717) is 24.7 Å². The van der Waals surface area contributed by atoms with Crippen LogP contribution in [0.3, 0.4) is 0 Å². The summed E-state index contributed by atoms with van der Waals surface area (Å²) in [7, 11) is 1.53. The molecule has 0 saturated carbocycles. The molecule has 1 aromatic rings. The molecule has 1 aromatic carbocycles. The first-order valence-corrected chi connectivity index (χ1v) is 10.2. The van der Waals surface area contributed by atoms with E-state index in [1.165, 1.54) is 12.7 Å². The number of ether oxygens (including phenoxy) is 1. The Bertz CT molecular complexity index is 765.